The van der Waals surface area contributed by atoms with Crippen molar-refractivity contribution in [3.63, 3.8) is 0 Å². The first-order valence-corrected chi connectivity index (χ1v) is 5.95. The van der Waals surface area contributed by atoms with Crippen LogP contribution in [0.4, 0.5) is 0 Å². The molecule has 1 aromatic rings. The van der Waals surface area contributed by atoms with Crippen molar-refractivity contribution in [3.8, 4) is 0 Å². The quantitative estimate of drug-likeness (QED) is 0.682. The lowest BCUT2D eigenvalue weighted by Crippen LogP contribution is -2.39. The minimum atomic E-state index is -0.172. The molecule has 1 amide bonds. The highest BCUT2D eigenvalue weighted by Gasteiger charge is 2.17. The van der Waals surface area contributed by atoms with Crippen molar-refractivity contribution in [2.75, 3.05) is 4.43 Å². The molecule has 0 fully saturated rings. The molecule has 78 valence electrons. The highest BCUT2D eigenvalue weighted by atomic mass is 127. The normalized spacial score (nSPS) is 12.9. The van der Waals surface area contributed by atoms with E-state index >= 15 is 0 Å². The number of alkyl halides is 1. The van der Waals surface area contributed by atoms with E-state index in [0.29, 0.717) is 11.6 Å². The first-order chi connectivity index (χ1) is 6.65. The Morgan fingerprint density at radius 2 is 2.43 bits per heavy atom. The number of hydrogen-bond donors (Lipinski definition) is 1. The summed E-state index contributed by atoms with van der Waals surface area (Å²) in [4.78, 5) is 11.5. The van der Waals surface area contributed by atoms with Crippen LogP contribution in [0.15, 0.2) is 16.9 Å². The second kappa shape index (κ2) is 5.33. The topological polar surface area (TPSA) is 55.1 Å². The number of rotatable bonds is 4. The van der Waals surface area contributed by atoms with E-state index in [1.165, 1.54) is 6.26 Å². The number of halogens is 1. The molecule has 4 nitrogen and oxygen atoms in total. The predicted molar refractivity (Wildman–Crippen MR) is 61.5 cm³/mol. The maximum Gasteiger partial charge on any atom is 0.273 e. The van der Waals surface area contributed by atoms with Crippen molar-refractivity contribution < 1.29 is 9.32 Å². The highest BCUT2D eigenvalue weighted by Crippen LogP contribution is 2.06. The van der Waals surface area contributed by atoms with Gasteiger partial charge in [0.1, 0.15) is 6.26 Å². The predicted octanol–water partition coefficient (Wildman–Crippen LogP) is 1.86. The first kappa shape index (κ1) is 11.5. The monoisotopic (exact) mass is 308 g/mol. The number of hydrogen-bond acceptors (Lipinski definition) is 3. The van der Waals surface area contributed by atoms with E-state index in [1.54, 1.807) is 6.07 Å². The molecule has 0 bridgehead atoms. The molecule has 0 aliphatic heterocycles. The van der Waals surface area contributed by atoms with Gasteiger partial charge in [-0.15, -0.1) is 0 Å². The molecule has 1 atom stereocenters. The second-order valence-corrected chi connectivity index (χ2v) is 4.24. The second-order valence-electron chi connectivity index (χ2n) is 3.36. The van der Waals surface area contributed by atoms with E-state index in [0.717, 1.165) is 4.43 Å². The van der Waals surface area contributed by atoms with Crippen LogP contribution in [0.5, 0.6) is 0 Å². The Morgan fingerprint density at radius 3 is 2.86 bits per heavy atom. The van der Waals surface area contributed by atoms with Gasteiger partial charge >= 0.3 is 0 Å². The number of aromatic nitrogens is 1. The van der Waals surface area contributed by atoms with E-state index in [9.17, 15) is 4.79 Å². The van der Waals surface area contributed by atoms with Crippen LogP contribution < -0.4 is 5.32 Å². The zero-order chi connectivity index (χ0) is 10.6. The number of nitrogens with one attached hydrogen (secondary N) is 1. The average Bonchev–Trinajstić information content (AvgIpc) is 2.65. The number of carbonyl (C=O) groups is 1. The molecule has 1 heterocycles. The fraction of sp³-hybridized carbons (Fsp3) is 0.556. The van der Waals surface area contributed by atoms with Crippen LogP contribution in [0.1, 0.15) is 24.3 Å². The van der Waals surface area contributed by atoms with Crippen molar-refractivity contribution in [1.29, 1.82) is 0 Å². The Labute approximate surface area is 96.6 Å². The van der Waals surface area contributed by atoms with Crippen LogP contribution in [0.3, 0.4) is 0 Å². The van der Waals surface area contributed by atoms with Crippen LogP contribution >= 0.6 is 22.6 Å². The summed E-state index contributed by atoms with van der Waals surface area (Å²) in [5.41, 5.74) is 0.334. The molecule has 0 saturated carbocycles. The van der Waals surface area contributed by atoms with Gasteiger partial charge in [-0.25, -0.2) is 0 Å². The van der Waals surface area contributed by atoms with Gasteiger partial charge in [0.15, 0.2) is 5.69 Å². The van der Waals surface area contributed by atoms with Crippen molar-refractivity contribution in [2.24, 2.45) is 5.92 Å². The minimum absolute atomic E-state index is 0.172. The van der Waals surface area contributed by atoms with Gasteiger partial charge in [-0.2, -0.15) is 0 Å². The fourth-order valence-electron chi connectivity index (χ4n) is 0.955. The molecule has 0 aliphatic rings. The third-order valence-corrected chi connectivity index (χ3v) is 2.91. The van der Waals surface area contributed by atoms with Crippen molar-refractivity contribution in [2.45, 2.75) is 19.9 Å². The standard InChI is InChI=1S/C9H13IN2O2/c1-6(2)8(5-10)11-9(13)7-3-4-14-12-7/h3-4,6,8H,5H2,1-2H3,(H,11,13). The zero-order valence-electron chi connectivity index (χ0n) is 8.16. The number of amides is 1. The summed E-state index contributed by atoms with van der Waals surface area (Å²) in [5.74, 6) is 0.247. The van der Waals surface area contributed by atoms with Crippen LogP contribution in [-0.2, 0) is 0 Å². The summed E-state index contributed by atoms with van der Waals surface area (Å²) in [6.45, 7) is 4.15. The van der Waals surface area contributed by atoms with Gasteiger partial charge in [0.25, 0.3) is 5.91 Å². The number of carbonyl (C=O) groups excluding carboxylic acids is 1. The molecule has 0 saturated heterocycles. The smallest absolute Gasteiger partial charge is 0.273 e. The highest BCUT2D eigenvalue weighted by molar-refractivity contribution is 14.1. The lowest BCUT2D eigenvalue weighted by Gasteiger charge is -2.18. The van der Waals surface area contributed by atoms with E-state index < -0.39 is 0 Å². The minimum Gasteiger partial charge on any atom is -0.364 e. The molecule has 1 aromatic heterocycles. The average molecular weight is 308 g/mol. The van der Waals surface area contributed by atoms with Gasteiger partial charge in [-0.3, -0.25) is 4.79 Å². The van der Waals surface area contributed by atoms with Crippen molar-refractivity contribution in [3.05, 3.63) is 18.0 Å². The molecule has 5 heteroatoms. The summed E-state index contributed by atoms with van der Waals surface area (Å²) < 4.78 is 5.49. The fourth-order valence-corrected chi connectivity index (χ4v) is 2.19. The van der Waals surface area contributed by atoms with Crippen LogP contribution in [-0.4, -0.2) is 21.5 Å². The van der Waals surface area contributed by atoms with E-state index in [1.807, 2.05) is 0 Å². The van der Waals surface area contributed by atoms with E-state index in [4.69, 9.17) is 0 Å². The third-order valence-electron chi connectivity index (χ3n) is 1.96. The molecule has 1 N–H and O–H groups in total. The molecular weight excluding hydrogens is 295 g/mol. The van der Waals surface area contributed by atoms with Gasteiger partial charge in [0.05, 0.1) is 0 Å². The Kier molecular flexibility index (Phi) is 4.37. The molecular formula is C9H13IN2O2. The van der Waals surface area contributed by atoms with Crippen LogP contribution in [0.2, 0.25) is 0 Å². The first-order valence-electron chi connectivity index (χ1n) is 4.42. The summed E-state index contributed by atoms with van der Waals surface area (Å²) in [5, 5.41) is 6.47. The zero-order valence-corrected chi connectivity index (χ0v) is 10.3. The summed E-state index contributed by atoms with van der Waals surface area (Å²) in [6.07, 6.45) is 1.39. The molecule has 0 aromatic carbocycles. The molecule has 1 unspecified atom stereocenters. The van der Waals surface area contributed by atoms with E-state index in [-0.39, 0.29) is 11.9 Å². The van der Waals surface area contributed by atoms with Gasteiger partial charge in [-0.1, -0.05) is 41.6 Å². The van der Waals surface area contributed by atoms with Crippen LogP contribution in [0, 0.1) is 5.92 Å². The maximum atomic E-state index is 11.5. The molecule has 1 rings (SSSR count). The Hall–Kier alpha value is -0.590. The SMILES string of the molecule is CC(C)C(CI)NC(=O)c1ccon1. The molecule has 0 aliphatic carbocycles. The molecule has 0 radical (unpaired) electrons. The maximum absolute atomic E-state index is 11.5. The molecule has 0 spiro atoms. The summed E-state index contributed by atoms with van der Waals surface area (Å²) in [6, 6.07) is 1.74. The van der Waals surface area contributed by atoms with Crippen LogP contribution in [0.25, 0.3) is 0 Å². The van der Waals surface area contributed by atoms with Gasteiger partial charge in [0.2, 0.25) is 0 Å². The lowest BCUT2D eigenvalue weighted by molar-refractivity contribution is 0.0923. The summed E-state index contributed by atoms with van der Waals surface area (Å²) in [7, 11) is 0. The Bertz CT molecular complexity index is 285. The number of nitrogens with zero attached hydrogens (tertiary/aromatic N) is 1. The van der Waals surface area contributed by atoms with E-state index in [2.05, 4.69) is 51.4 Å². The largest absolute Gasteiger partial charge is 0.364 e. The molecule has 14 heavy (non-hydrogen) atoms. The summed E-state index contributed by atoms with van der Waals surface area (Å²) >= 11 is 2.26. The lowest BCUT2D eigenvalue weighted by atomic mass is 10.1. The van der Waals surface area contributed by atoms with Gasteiger partial charge < -0.3 is 9.84 Å². The Morgan fingerprint density at radius 1 is 1.71 bits per heavy atom. The van der Waals surface area contributed by atoms with Crippen molar-refractivity contribution in [1.82, 2.24) is 10.5 Å². The van der Waals surface area contributed by atoms with Crippen molar-refractivity contribution >= 4 is 28.5 Å². The van der Waals surface area contributed by atoms with Gasteiger partial charge in [-0.05, 0) is 5.92 Å². The van der Waals surface area contributed by atoms with Gasteiger partial charge in [0, 0.05) is 16.5 Å². The Balaban J connectivity index is 2.56. The third kappa shape index (κ3) is 2.97.